The van der Waals surface area contributed by atoms with Gasteiger partial charge in [-0.2, -0.15) is 0 Å². The number of ether oxygens (including phenoxy) is 1. The molecule has 0 saturated carbocycles. The maximum atomic E-state index is 12.4. The van der Waals surface area contributed by atoms with E-state index in [0.717, 1.165) is 43.6 Å². The molecule has 5 rings (SSSR count). The number of nitro benzene ring substituents is 1. The summed E-state index contributed by atoms with van der Waals surface area (Å²) >= 11 is 0. The maximum absolute atomic E-state index is 12.4. The first kappa shape index (κ1) is 24.2. The highest BCUT2D eigenvalue weighted by atomic mass is 16.6. The number of fused-ring (bicyclic) bond motifs is 1. The van der Waals surface area contributed by atoms with Crippen LogP contribution in [0.1, 0.15) is 18.4 Å². The average Bonchev–Trinajstić information content (AvgIpc) is 2.93. The molecule has 1 saturated heterocycles. The third-order valence-electron chi connectivity index (χ3n) is 6.67. The van der Waals surface area contributed by atoms with Crippen molar-refractivity contribution in [1.82, 2.24) is 4.98 Å². The SMILES string of the molecule is O=C(COc1cccc2ccc(N3CCC(Cc4ccccc4)CC3)nc12)Nc1cccc([N+](=O)[O-])c1. The fourth-order valence-corrected chi connectivity index (χ4v) is 4.75. The van der Waals surface area contributed by atoms with E-state index < -0.39 is 10.8 Å². The number of hydrogen-bond acceptors (Lipinski definition) is 6. The molecule has 2 heterocycles. The second-order valence-corrected chi connectivity index (χ2v) is 9.26. The summed E-state index contributed by atoms with van der Waals surface area (Å²) in [6.45, 7) is 1.66. The Morgan fingerprint density at radius 2 is 1.78 bits per heavy atom. The summed E-state index contributed by atoms with van der Waals surface area (Å²) in [6, 6.07) is 26.2. The lowest BCUT2D eigenvalue weighted by Crippen LogP contribution is -2.34. The zero-order valence-electron chi connectivity index (χ0n) is 20.4. The van der Waals surface area contributed by atoms with E-state index in [2.05, 4.69) is 40.5 Å². The summed E-state index contributed by atoms with van der Waals surface area (Å²) in [5, 5.41) is 14.5. The molecule has 8 nitrogen and oxygen atoms in total. The van der Waals surface area contributed by atoms with Gasteiger partial charge in [-0.05, 0) is 55.0 Å². The van der Waals surface area contributed by atoms with Crippen LogP contribution in [0.5, 0.6) is 5.75 Å². The van der Waals surface area contributed by atoms with E-state index in [4.69, 9.17) is 9.72 Å². The van der Waals surface area contributed by atoms with E-state index in [9.17, 15) is 14.9 Å². The van der Waals surface area contributed by atoms with Crippen molar-refractivity contribution in [1.29, 1.82) is 0 Å². The van der Waals surface area contributed by atoms with Gasteiger partial charge in [0.25, 0.3) is 11.6 Å². The third kappa shape index (κ3) is 6.03. The van der Waals surface area contributed by atoms with E-state index in [1.807, 2.05) is 24.3 Å². The van der Waals surface area contributed by atoms with Crippen molar-refractivity contribution in [2.24, 2.45) is 5.92 Å². The van der Waals surface area contributed by atoms with Crippen LogP contribution < -0.4 is 15.0 Å². The Labute approximate surface area is 215 Å². The molecule has 1 aliphatic heterocycles. The predicted octanol–water partition coefficient (Wildman–Crippen LogP) is 5.62. The summed E-state index contributed by atoms with van der Waals surface area (Å²) in [5.41, 5.74) is 2.35. The van der Waals surface area contributed by atoms with Crippen LogP contribution >= 0.6 is 0 Å². The number of piperidine rings is 1. The molecule has 37 heavy (non-hydrogen) atoms. The topological polar surface area (TPSA) is 97.6 Å². The number of nitrogens with one attached hydrogen (secondary N) is 1. The highest BCUT2D eigenvalue weighted by Gasteiger charge is 2.21. The van der Waals surface area contributed by atoms with Gasteiger partial charge in [0, 0.05) is 36.3 Å². The highest BCUT2D eigenvalue weighted by molar-refractivity contribution is 5.93. The van der Waals surface area contributed by atoms with Gasteiger partial charge in [-0.3, -0.25) is 14.9 Å². The largest absolute Gasteiger partial charge is 0.481 e. The highest BCUT2D eigenvalue weighted by Crippen LogP contribution is 2.29. The summed E-state index contributed by atoms with van der Waals surface area (Å²) in [4.78, 5) is 30.1. The number of hydrogen-bond donors (Lipinski definition) is 1. The Morgan fingerprint density at radius 3 is 2.57 bits per heavy atom. The molecule has 0 aliphatic carbocycles. The molecular weight excluding hydrogens is 468 g/mol. The van der Waals surface area contributed by atoms with Gasteiger partial charge in [-0.1, -0.05) is 48.5 Å². The van der Waals surface area contributed by atoms with Crippen LogP contribution in [0.2, 0.25) is 0 Å². The average molecular weight is 497 g/mol. The van der Waals surface area contributed by atoms with Gasteiger partial charge < -0.3 is 15.0 Å². The minimum absolute atomic E-state index is 0.0893. The standard InChI is InChI=1S/C29H28N4O4/c34-28(30-24-9-5-10-25(19-24)33(35)36)20-37-26-11-4-8-23-12-13-27(31-29(23)26)32-16-14-22(15-17-32)18-21-6-2-1-3-7-21/h1-13,19,22H,14-18,20H2,(H,30,34). The van der Waals surface area contributed by atoms with Gasteiger partial charge >= 0.3 is 0 Å². The van der Waals surface area contributed by atoms with Crippen molar-refractivity contribution in [2.75, 3.05) is 29.9 Å². The van der Waals surface area contributed by atoms with Gasteiger partial charge in [0.1, 0.15) is 17.1 Å². The number of benzene rings is 3. The second kappa shape index (κ2) is 11.1. The first-order valence-electron chi connectivity index (χ1n) is 12.4. The number of amides is 1. The number of carbonyl (C=O) groups excluding carboxylic acids is 1. The number of pyridine rings is 1. The summed E-state index contributed by atoms with van der Waals surface area (Å²) in [7, 11) is 0. The molecule has 0 unspecified atom stereocenters. The summed E-state index contributed by atoms with van der Waals surface area (Å²) in [5.74, 6) is 1.69. The molecule has 1 fully saturated rings. The monoisotopic (exact) mass is 496 g/mol. The number of non-ortho nitro benzene ring substituents is 1. The third-order valence-corrected chi connectivity index (χ3v) is 6.67. The van der Waals surface area contributed by atoms with Crippen LogP contribution in [0.3, 0.4) is 0 Å². The Kier molecular flexibility index (Phi) is 7.26. The lowest BCUT2D eigenvalue weighted by molar-refractivity contribution is -0.384. The first-order valence-corrected chi connectivity index (χ1v) is 12.4. The van der Waals surface area contributed by atoms with Crippen LogP contribution in [-0.4, -0.2) is 35.5 Å². The van der Waals surface area contributed by atoms with Crippen LogP contribution in [0.25, 0.3) is 10.9 Å². The molecule has 0 atom stereocenters. The van der Waals surface area contributed by atoms with Crippen molar-refractivity contribution in [3.8, 4) is 5.75 Å². The number of carbonyl (C=O) groups is 1. The summed E-state index contributed by atoms with van der Waals surface area (Å²) < 4.78 is 5.83. The molecule has 0 bridgehead atoms. The summed E-state index contributed by atoms with van der Waals surface area (Å²) in [6.07, 6.45) is 3.34. The van der Waals surface area contributed by atoms with Crippen molar-refractivity contribution < 1.29 is 14.5 Å². The van der Waals surface area contributed by atoms with Crippen LogP contribution in [-0.2, 0) is 11.2 Å². The van der Waals surface area contributed by atoms with E-state index in [0.29, 0.717) is 22.9 Å². The van der Waals surface area contributed by atoms with Crippen LogP contribution in [0.4, 0.5) is 17.2 Å². The van der Waals surface area contributed by atoms with Crippen molar-refractivity contribution in [3.05, 3.63) is 101 Å². The fourth-order valence-electron chi connectivity index (χ4n) is 4.75. The molecule has 1 aliphatic rings. The minimum atomic E-state index is -0.503. The number of nitro groups is 1. The van der Waals surface area contributed by atoms with Crippen molar-refractivity contribution in [2.45, 2.75) is 19.3 Å². The number of aromatic nitrogens is 1. The van der Waals surface area contributed by atoms with Gasteiger partial charge in [-0.15, -0.1) is 0 Å². The van der Waals surface area contributed by atoms with E-state index in [1.165, 1.54) is 23.8 Å². The minimum Gasteiger partial charge on any atom is -0.481 e. The Morgan fingerprint density at radius 1 is 1.00 bits per heavy atom. The quantitative estimate of drug-likeness (QED) is 0.251. The number of anilines is 2. The Bertz CT molecular complexity index is 1400. The Balaban J connectivity index is 1.22. The molecule has 188 valence electrons. The normalized spacial score (nSPS) is 13.9. The lowest BCUT2D eigenvalue weighted by Gasteiger charge is -2.33. The van der Waals surface area contributed by atoms with Crippen molar-refractivity contribution in [3.63, 3.8) is 0 Å². The Hall–Kier alpha value is -4.46. The van der Waals surface area contributed by atoms with E-state index in [1.54, 1.807) is 12.1 Å². The second-order valence-electron chi connectivity index (χ2n) is 9.26. The molecule has 0 spiro atoms. The van der Waals surface area contributed by atoms with Crippen LogP contribution in [0, 0.1) is 16.0 Å². The zero-order valence-corrected chi connectivity index (χ0v) is 20.4. The fraction of sp³-hybridized carbons (Fsp3) is 0.241. The number of rotatable bonds is 8. The molecule has 1 N–H and O–H groups in total. The van der Waals surface area contributed by atoms with Gasteiger partial charge in [0.15, 0.2) is 6.61 Å². The molecule has 8 heteroatoms. The smallest absolute Gasteiger partial charge is 0.271 e. The van der Waals surface area contributed by atoms with Gasteiger partial charge in [-0.25, -0.2) is 4.98 Å². The lowest BCUT2D eigenvalue weighted by atomic mass is 9.90. The molecule has 0 radical (unpaired) electrons. The number of para-hydroxylation sites is 1. The molecule has 1 amide bonds. The number of nitrogens with zero attached hydrogens (tertiary/aromatic N) is 3. The molecule has 3 aromatic carbocycles. The van der Waals surface area contributed by atoms with Crippen LogP contribution in [0.15, 0.2) is 84.9 Å². The molecule has 1 aromatic heterocycles. The predicted molar refractivity (Wildman–Crippen MR) is 144 cm³/mol. The zero-order chi connectivity index (χ0) is 25.6. The maximum Gasteiger partial charge on any atom is 0.271 e. The molecular formula is C29H28N4O4. The molecule has 4 aromatic rings. The van der Waals surface area contributed by atoms with E-state index >= 15 is 0 Å². The van der Waals surface area contributed by atoms with Gasteiger partial charge in [0.05, 0.1) is 4.92 Å². The first-order chi connectivity index (χ1) is 18.0. The van der Waals surface area contributed by atoms with Gasteiger partial charge in [0.2, 0.25) is 0 Å². The van der Waals surface area contributed by atoms with Crippen molar-refractivity contribution >= 4 is 34.0 Å². The van der Waals surface area contributed by atoms with E-state index in [-0.39, 0.29) is 12.3 Å².